The van der Waals surface area contributed by atoms with Gasteiger partial charge in [0.05, 0.1) is 11.0 Å². The average molecular weight is 794 g/mol. The Bertz CT molecular complexity index is 2090. The first-order valence-corrected chi connectivity index (χ1v) is 19.2. The Morgan fingerprint density at radius 2 is 1.41 bits per heavy atom. The maximum absolute atomic E-state index is 17.0. The van der Waals surface area contributed by atoms with E-state index >= 15 is 8.78 Å². The Hall–Kier alpha value is -4.31. The number of fused-ring (bicyclic) bond motifs is 1. The number of piperidine rings is 1. The molecule has 1 amide bonds. The van der Waals surface area contributed by atoms with E-state index in [0.29, 0.717) is 27.3 Å². The molecule has 0 aromatic heterocycles. The topological polar surface area (TPSA) is 119 Å². The zero-order valence-corrected chi connectivity index (χ0v) is 30.3. The van der Waals surface area contributed by atoms with Gasteiger partial charge in [0.25, 0.3) is 15.9 Å². The third-order valence-corrected chi connectivity index (χ3v) is 11.7. The molecule has 0 bridgehead atoms. The minimum Gasteiger partial charge on any atom is -0.490 e. The van der Waals surface area contributed by atoms with Gasteiger partial charge in [-0.25, -0.2) is 13.2 Å². The molecule has 2 N–H and O–H groups in total. The fourth-order valence-electron chi connectivity index (χ4n) is 6.74. The Kier molecular flexibility index (Phi) is 11.5. The number of alkyl halides is 5. The number of ether oxygens (including phenoxy) is 1. The van der Waals surface area contributed by atoms with Crippen LogP contribution in [0.1, 0.15) is 44.1 Å². The number of carbonyl (C=O) groups excluding carboxylic acids is 2. The van der Waals surface area contributed by atoms with Crippen molar-refractivity contribution in [1.82, 2.24) is 9.37 Å². The van der Waals surface area contributed by atoms with Gasteiger partial charge >= 0.3 is 18.1 Å². The van der Waals surface area contributed by atoms with Crippen LogP contribution in [0.15, 0.2) is 89.8 Å². The van der Waals surface area contributed by atoms with Crippen molar-refractivity contribution >= 4 is 44.3 Å². The molecule has 1 aliphatic heterocycles. The fraction of sp³-hybridized carbons (Fsp3) is 0.368. The molecule has 0 unspecified atom stereocenters. The lowest BCUT2D eigenvalue weighted by Crippen LogP contribution is -2.60. The number of nitrogens with zero attached hydrogens (tertiary/aromatic N) is 2. The van der Waals surface area contributed by atoms with Crippen LogP contribution in [0.3, 0.4) is 0 Å². The van der Waals surface area contributed by atoms with Gasteiger partial charge in [0.15, 0.2) is 0 Å². The molecule has 288 valence electrons. The Labute approximate surface area is 313 Å². The molecule has 1 heterocycles. The first-order valence-electron chi connectivity index (χ1n) is 17.3. The summed E-state index contributed by atoms with van der Waals surface area (Å²) >= 11 is 5.96. The Morgan fingerprint density at radius 1 is 0.833 bits per heavy atom. The number of likely N-dealkylation sites (tertiary alicyclic amines) is 1. The van der Waals surface area contributed by atoms with Crippen molar-refractivity contribution < 1.29 is 49.5 Å². The number of amides is 1. The van der Waals surface area contributed by atoms with Crippen molar-refractivity contribution in [3.05, 3.63) is 95.5 Å². The van der Waals surface area contributed by atoms with Gasteiger partial charge in [0, 0.05) is 23.7 Å². The van der Waals surface area contributed by atoms with Crippen LogP contribution in [0.5, 0.6) is 5.75 Å². The molecule has 0 spiro atoms. The van der Waals surface area contributed by atoms with Crippen molar-refractivity contribution in [2.24, 2.45) is 11.7 Å². The van der Waals surface area contributed by atoms with E-state index in [-0.39, 0.29) is 49.9 Å². The number of hydroxylamine groups is 1. The number of hydrogen-bond donors (Lipinski definition) is 1. The molecule has 16 heteroatoms. The van der Waals surface area contributed by atoms with Crippen molar-refractivity contribution in [2.45, 2.75) is 67.7 Å². The summed E-state index contributed by atoms with van der Waals surface area (Å²) in [6.07, 6.45) is -1.46. The molecule has 4 aromatic carbocycles. The number of hydrogen-bond acceptors (Lipinski definition) is 7. The quantitative estimate of drug-likeness (QED) is 0.121. The summed E-state index contributed by atoms with van der Waals surface area (Å²) in [5, 5.41) is 1.16. The van der Waals surface area contributed by atoms with E-state index in [9.17, 15) is 31.2 Å². The van der Waals surface area contributed by atoms with Gasteiger partial charge in [0.1, 0.15) is 5.75 Å². The predicted molar refractivity (Wildman–Crippen MR) is 191 cm³/mol. The molecular weight excluding hydrogens is 757 g/mol. The molecule has 54 heavy (non-hydrogen) atoms. The van der Waals surface area contributed by atoms with Gasteiger partial charge in [-0.2, -0.15) is 22.0 Å². The lowest BCUT2D eigenvalue weighted by atomic mass is 9.94. The van der Waals surface area contributed by atoms with Gasteiger partial charge < -0.3 is 20.2 Å². The summed E-state index contributed by atoms with van der Waals surface area (Å²) in [6, 6.07) is 15.6. The SMILES string of the molecule is NCC1CCN(C(=O)[C@@H](N(OC(=O)C(F)(F)F)S(=O)(=O)c2ccc3cc(OC4CCCC4)ccc3c2)C(F)(F)c2ccc(-c3ccc(Cl)cc3)cc2)CC1. The van der Waals surface area contributed by atoms with Gasteiger partial charge in [-0.1, -0.05) is 60.1 Å². The van der Waals surface area contributed by atoms with Gasteiger partial charge in [-0.05, 0) is 114 Å². The predicted octanol–water partition coefficient (Wildman–Crippen LogP) is 7.85. The van der Waals surface area contributed by atoms with Crippen LogP contribution in [0.2, 0.25) is 5.02 Å². The second-order valence-electron chi connectivity index (χ2n) is 13.4. The van der Waals surface area contributed by atoms with Crippen molar-refractivity contribution in [2.75, 3.05) is 19.6 Å². The van der Waals surface area contributed by atoms with Crippen LogP contribution in [0, 0.1) is 5.92 Å². The van der Waals surface area contributed by atoms with Crippen molar-refractivity contribution in [3.63, 3.8) is 0 Å². The molecule has 2 aliphatic rings. The first kappa shape index (κ1) is 39.4. The Morgan fingerprint density at radius 3 is 2.00 bits per heavy atom. The fourth-order valence-corrected chi connectivity index (χ4v) is 8.25. The summed E-state index contributed by atoms with van der Waals surface area (Å²) in [5.41, 5.74) is 5.86. The largest absolute Gasteiger partial charge is 0.492 e. The monoisotopic (exact) mass is 793 g/mol. The van der Waals surface area contributed by atoms with Crippen LogP contribution < -0.4 is 10.5 Å². The number of nitrogens with two attached hydrogens (primary N) is 1. The van der Waals surface area contributed by atoms with Crippen LogP contribution >= 0.6 is 11.6 Å². The number of benzene rings is 4. The van der Waals surface area contributed by atoms with Crippen LogP contribution in [0.25, 0.3) is 21.9 Å². The highest BCUT2D eigenvalue weighted by molar-refractivity contribution is 7.89. The summed E-state index contributed by atoms with van der Waals surface area (Å²) < 4.78 is 109. The minimum atomic E-state index is -5.82. The molecule has 4 aromatic rings. The number of sulfonamides is 1. The van der Waals surface area contributed by atoms with Crippen molar-refractivity contribution in [1.29, 1.82) is 0 Å². The minimum absolute atomic E-state index is 0.0184. The standard InChI is InChI=1S/C38H37ClF5N3O6S/c39-30-13-7-26(8-14-30)25-5-11-29(12-6-25)37(40,41)34(35(48)46-19-17-24(23-45)18-20-46)47(53-36(49)38(42,43)44)54(50,51)33-16-10-27-21-32(15-9-28(27)22-33)52-31-3-1-2-4-31/h5-16,21-22,24,31,34H,1-4,17-20,23,45H2/t34-/m1/s1. The third kappa shape index (κ3) is 8.49. The average Bonchev–Trinajstić information content (AvgIpc) is 3.67. The molecule has 1 saturated carbocycles. The Balaban J connectivity index is 1.43. The maximum atomic E-state index is 17.0. The number of rotatable bonds is 11. The van der Waals surface area contributed by atoms with E-state index in [4.69, 9.17) is 22.1 Å². The normalized spacial score (nSPS) is 16.9. The second kappa shape index (κ2) is 15.8. The van der Waals surface area contributed by atoms with Gasteiger partial charge in [-0.3, -0.25) is 4.79 Å². The van der Waals surface area contributed by atoms with Crippen molar-refractivity contribution in [3.8, 4) is 16.9 Å². The second-order valence-corrected chi connectivity index (χ2v) is 15.7. The third-order valence-electron chi connectivity index (χ3n) is 9.82. The van der Waals surface area contributed by atoms with Crippen LogP contribution in [-0.4, -0.2) is 67.6 Å². The lowest BCUT2D eigenvalue weighted by Gasteiger charge is -2.39. The molecule has 1 aliphatic carbocycles. The van der Waals surface area contributed by atoms with E-state index in [1.165, 1.54) is 24.3 Å². The summed E-state index contributed by atoms with van der Waals surface area (Å²) in [6.45, 7) is -0.0578. The molecule has 1 atom stereocenters. The summed E-state index contributed by atoms with van der Waals surface area (Å²) in [4.78, 5) is 31.0. The van der Waals surface area contributed by atoms with E-state index in [2.05, 4.69) is 4.84 Å². The molecule has 1 saturated heterocycles. The molecular formula is C38H37ClF5N3O6S. The van der Waals surface area contributed by atoms with E-state index in [0.717, 1.165) is 54.8 Å². The highest BCUT2D eigenvalue weighted by Crippen LogP contribution is 2.41. The summed E-state index contributed by atoms with van der Waals surface area (Å²) in [7, 11) is -5.62. The molecule has 2 fully saturated rings. The summed E-state index contributed by atoms with van der Waals surface area (Å²) in [5.74, 6) is -8.79. The van der Waals surface area contributed by atoms with Gasteiger partial charge in [0.2, 0.25) is 6.04 Å². The number of halogens is 6. The van der Waals surface area contributed by atoms with E-state index in [1.54, 1.807) is 36.4 Å². The van der Waals surface area contributed by atoms with E-state index in [1.807, 2.05) is 0 Å². The zero-order valence-electron chi connectivity index (χ0n) is 28.8. The van der Waals surface area contributed by atoms with E-state index < -0.39 is 55.0 Å². The first-order chi connectivity index (χ1) is 25.6. The highest BCUT2D eigenvalue weighted by Gasteiger charge is 2.58. The van der Waals surface area contributed by atoms with Crippen LogP contribution in [0.4, 0.5) is 22.0 Å². The molecule has 9 nitrogen and oxygen atoms in total. The van der Waals surface area contributed by atoms with Gasteiger partial charge in [-0.15, -0.1) is 0 Å². The molecule has 0 radical (unpaired) electrons. The maximum Gasteiger partial charge on any atom is 0.492 e. The van der Waals surface area contributed by atoms with Crippen LogP contribution in [-0.2, 0) is 30.4 Å². The highest BCUT2D eigenvalue weighted by atomic mass is 35.5. The lowest BCUT2D eigenvalue weighted by molar-refractivity contribution is -0.239. The molecule has 6 rings (SSSR count). The smallest absolute Gasteiger partial charge is 0.490 e. The number of carbonyl (C=O) groups is 2. The zero-order chi connectivity index (χ0) is 38.8.